The van der Waals surface area contributed by atoms with Crippen molar-refractivity contribution in [2.75, 3.05) is 6.54 Å². The first-order valence-electron chi connectivity index (χ1n) is 5.59. The Morgan fingerprint density at radius 2 is 2.14 bits per heavy atom. The lowest BCUT2D eigenvalue weighted by molar-refractivity contribution is -0.121. The van der Waals surface area contributed by atoms with E-state index in [0.717, 1.165) is 19.4 Å². The van der Waals surface area contributed by atoms with Gasteiger partial charge in [0.25, 0.3) is 0 Å². The fraction of sp³-hybridized carbons (Fsp3) is 0.909. The number of alkyl halides is 1. The van der Waals surface area contributed by atoms with Crippen molar-refractivity contribution in [3.8, 4) is 0 Å². The van der Waals surface area contributed by atoms with Crippen molar-refractivity contribution < 1.29 is 4.79 Å². The average Bonchev–Trinajstić information content (AvgIpc) is 2.56. The molecule has 1 aliphatic rings. The number of halogens is 1. The molecule has 0 aromatic carbocycles. The highest BCUT2D eigenvalue weighted by Gasteiger charge is 2.17. The highest BCUT2D eigenvalue weighted by molar-refractivity contribution is 9.09. The molecule has 82 valence electrons. The lowest BCUT2D eigenvalue weighted by Gasteiger charge is -2.09. The predicted molar refractivity (Wildman–Crippen MR) is 62.6 cm³/mol. The summed E-state index contributed by atoms with van der Waals surface area (Å²) in [6, 6.07) is 0. The van der Waals surface area contributed by atoms with Crippen LogP contribution in [0.5, 0.6) is 0 Å². The Hall–Kier alpha value is -0.0500. The highest BCUT2D eigenvalue weighted by Crippen LogP contribution is 2.27. The molecular formula is C11H20BrNO. The van der Waals surface area contributed by atoms with Gasteiger partial charge in [0.15, 0.2) is 0 Å². The molecule has 0 radical (unpaired) electrons. The van der Waals surface area contributed by atoms with E-state index >= 15 is 0 Å². The van der Waals surface area contributed by atoms with Gasteiger partial charge in [0.05, 0.1) is 0 Å². The minimum Gasteiger partial charge on any atom is -0.356 e. The second kappa shape index (κ2) is 6.44. The second-order valence-corrected chi connectivity index (χ2v) is 5.84. The van der Waals surface area contributed by atoms with Crippen LogP contribution in [0.15, 0.2) is 0 Å². The van der Waals surface area contributed by atoms with Crippen LogP contribution in [0.4, 0.5) is 0 Å². The van der Waals surface area contributed by atoms with Gasteiger partial charge in [-0.15, -0.1) is 0 Å². The molecule has 0 bridgehead atoms. The Bertz CT molecular complexity index is 176. The van der Waals surface area contributed by atoms with Crippen LogP contribution >= 0.6 is 15.9 Å². The van der Waals surface area contributed by atoms with Crippen LogP contribution in [0.25, 0.3) is 0 Å². The summed E-state index contributed by atoms with van der Waals surface area (Å²) in [7, 11) is 0. The predicted octanol–water partition coefficient (Wildman–Crippen LogP) is 2.86. The number of amides is 1. The van der Waals surface area contributed by atoms with E-state index < -0.39 is 0 Å². The van der Waals surface area contributed by atoms with Crippen LogP contribution in [0.1, 0.15) is 45.4 Å². The molecule has 0 heterocycles. The number of carbonyl (C=O) groups is 1. The number of nitrogens with one attached hydrogen (secondary N) is 1. The molecule has 0 spiro atoms. The Kier molecular flexibility index (Phi) is 5.53. The molecule has 0 aromatic rings. The van der Waals surface area contributed by atoms with Gasteiger partial charge >= 0.3 is 0 Å². The lowest BCUT2D eigenvalue weighted by Crippen LogP contribution is -2.27. The average molecular weight is 262 g/mol. The van der Waals surface area contributed by atoms with Crippen LogP contribution in [0, 0.1) is 5.92 Å². The van der Waals surface area contributed by atoms with E-state index in [0.29, 0.717) is 10.7 Å². The molecule has 1 rings (SSSR count). The Labute approximate surface area is 95.0 Å². The summed E-state index contributed by atoms with van der Waals surface area (Å²) in [5.41, 5.74) is 0. The van der Waals surface area contributed by atoms with Gasteiger partial charge in [-0.3, -0.25) is 4.79 Å². The van der Waals surface area contributed by atoms with E-state index in [4.69, 9.17) is 0 Å². The van der Waals surface area contributed by atoms with Gasteiger partial charge in [0.1, 0.15) is 0 Å². The molecule has 1 fully saturated rings. The molecule has 1 amide bonds. The third-order valence-corrected chi connectivity index (χ3v) is 3.27. The summed E-state index contributed by atoms with van der Waals surface area (Å²) in [5, 5.41) is 2.97. The summed E-state index contributed by atoms with van der Waals surface area (Å²) in [6.45, 7) is 2.90. The number of rotatable bonds is 5. The molecule has 3 heteroatoms. The molecule has 1 saturated carbocycles. The zero-order valence-corrected chi connectivity index (χ0v) is 10.5. The van der Waals surface area contributed by atoms with Crippen LogP contribution in [-0.2, 0) is 4.79 Å². The van der Waals surface area contributed by atoms with Crippen molar-refractivity contribution in [3.05, 3.63) is 0 Å². The highest BCUT2D eigenvalue weighted by atomic mass is 79.9. The molecule has 1 aliphatic carbocycles. The molecular weight excluding hydrogens is 242 g/mol. The molecule has 0 aliphatic heterocycles. The third kappa shape index (κ3) is 4.99. The maximum atomic E-state index is 11.5. The molecule has 0 saturated heterocycles. The van der Waals surface area contributed by atoms with E-state index in [1.807, 2.05) is 0 Å². The van der Waals surface area contributed by atoms with Crippen molar-refractivity contribution in [1.29, 1.82) is 0 Å². The van der Waals surface area contributed by atoms with Gasteiger partial charge in [-0.2, -0.15) is 0 Å². The van der Waals surface area contributed by atoms with Gasteiger partial charge in [-0.05, 0) is 25.2 Å². The van der Waals surface area contributed by atoms with Gasteiger partial charge in [0.2, 0.25) is 5.91 Å². The largest absolute Gasteiger partial charge is 0.356 e. The Morgan fingerprint density at radius 1 is 1.50 bits per heavy atom. The fourth-order valence-electron chi connectivity index (χ4n) is 1.96. The van der Waals surface area contributed by atoms with E-state index in [2.05, 4.69) is 28.2 Å². The summed E-state index contributed by atoms with van der Waals surface area (Å²) < 4.78 is 0. The van der Waals surface area contributed by atoms with Gasteiger partial charge < -0.3 is 5.32 Å². The standard InChI is InChI=1S/C11H20BrNO/c1-9(12)6-7-13-11(14)8-10-4-2-3-5-10/h9-10H,2-8H2,1H3,(H,13,14). The van der Waals surface area contributed by atoms with Gasteiger partial charge in [-0.1, -0.05) is 35.7 Å². The van der Waals surface area contributed by atoms with Gasteiger partial charge in [-0.25, -0.2) is 0 Å². The summed E-state index contributed by atoms with van der Waals surface area (Å²) in [6.07, 6.45) is 6.89. The summed E-state index contributed by atoms with van der Waals surface area (Å²) in [5.74, 6) is 0.904. The molecule has 14 heavy (non-hydrogen) atoms. The third-order valence-electron chi connectivity index (χ3n) is 2.81. The van der Waals surface area contributed by atoms with E-state index in [9.17, 15) is 4.79 Å². The summed E-state index contributed by atoms with van der Waals surface area (Å²) in [4.78, 5) is 11.9. The quantitative estimate of drug-likeness (QED) is 0.758. The maximum absolute atomic E-state index is 11.5. The lowest BCUT2D eigenvalue weighted by atomic mass is 10.0. The second-order valence-electron chi connectivity index (χ2n) is 4.27. The van der Waals surface area contributed by atoms with E-state index in [-0.39, 0.29) is 5.91 Å². The van der Waals surface area contributed by atoms with Crippen molar-refractivity contribution >= 4 is 21.8 Å². The SMILES string of the molecule is CC(Br)CCNC(=O)CC1CCCC1. The van der Waals surface area contributed by atoms with E-state index in [1.165, 1.54) is 25.7 Å². The smallest absolute Gasteiger partial charge is 0.220 e. The number of carbonyl (C=O) groups excluding carboxylic acids is 1. The Morgan fingerprint density at radius 3 is 2.71 bits per heavy atom. The van der Waals surface area contributed by atoms with Crippen LogP contribution in [0.3, 0.4) is 0 Å². The molecule has 1 N–H and O–H groups in total. The molecule has 1 atom stereocenters. The summed E-state index contributed by atoms with van der Waals surface area (Å²) >= 11 is 3.46. The van der Waals surface area contributed by atoms with Crippen molar-refractivity contribution in [2.24, 2.45) is 5.92 Å². The van der Waals surface area contributed by atoms with Crippen molar-refractivity contribution in [3.63, 3.8) is 0 Å². The topological polar surface area (TPSA) is 29.1 Å². The maximum Gasteiger partial charge on any atom is 0.220 e. The first-order chi connectivity index (χ1) is 6.68. The van der Waals surface area contributed by atoms with Crippen LogP contribution in [-0.4, -0.2) is 17.3 Å². The zero-order chi connectivity index (χ0) is 10.4. The number of hydrogen-bond acceptors (Lipinski definition) is 1. The first kappa shape index (κ1) is 12.0. The minimum atomic E-state index is 0.241. The molecule has 2 nitrogen and oxygen atoms in total. The van der Waals surface area contributed by atoms with Gasteiger partial charge in [0, 0.05) is 17.8 Å². The normalized spacial score (nSPS) is 19.6. The fourth-order valence-corrected chi connectivity index (χ4v) is 2.19. The van der Waals surface area contributed by atoms with Crippen LogP contribution in [0.2, 0.25) is 0 Å². The number of hydrogen-bond donors (Lipinski definition) is 1. The minimum absolute atomic E-state index is 0.241. The Balaban J connectivity index is 2.03. The zero-order valence-electron chi connectivity index (χ0n) is 8.89. The van der Waals surface area contributed by atoms with E-state index in [1.54, 1.807) is 0 Å². The molecule has 1 unspecified atom stereocenters. The molecule has 0 aromatic heterocycles. The first-order valence-corrected chi connectivity index (χ1v) is 6.51. The van der Waals surface area contributed by atoms with Crippen molar-refractivity contribution in [1.82, 2.24) is 5.32 Å². The van der Waals surface area contributed by atoms with Crippen molar-refractivity contribution in [2.45, 2.75) is 50.3 Å². The monoisotopic (exact) mass is 261 g/mol. The van der Waals surface area contributed by atoms with Crippen LogP contribution < -0.4 is 5.32 Å².